The van der Waals surface area contributed by atoms with E-state index in [-0.39, 0.29) is 5.91 Å². The van der Waals surface area contributed by atoms with Crippen LogP contribution in [0.1, 0.15) is 30.5 Å². The average molecular weight is 358 g/mol. The minimum Gasteiger partial charge on any atom is -0.481 e. The van der Waals surface area contributed by atoms with Gasteiger partial charge in [-0.05, 0) is 37.5 Å². The molecule has 0 unspecified atom stereocenters. The molecule has 1 atom stereocenters. The average Bonchev–Trinajstić information content (AvgIpc) is 2.63. The standard InChI is InChI=1S/C21H27NO2S/c1-4-19-7-5-6-8-20(19)24-17(3)21(23)22-13-14-25-15-18-11-9-16(2)10-12-18/h5-12,17H,4,13-15H2,1-3H3,(H,22,23)/t17-/m1/s1. The molecule has 25 heavy (non-hydrogen) atoms. The minimum absolute atomic E-state index is 0.0677. The maximum Gasteiger partial charge on any atom is 0.260 e. The summed E-state index contributed by atoms with van der Waals surface area (Å²) in [4.78, 5) is 12.2. The highest BCUT2D eigenvalue weighted by Gasteiger charge is 2.15. The van der Waals surface area contributed by atoms with Gasteiger partial charge in [-0.1, -0.05) is 55.0 Å². The molecule has 2 aromatic carbocycles. The summed E-state index contributed by atoms with van der Waals surface area (Å²) in [6.07, 6.45) is 0.398. The fraction of sp³-hybridized carbons (Fsp3) is 0.381. The first kappa shape index (κ1) is 19.4. The summed E-state index contributed by atoms with van der Waals surface area (Å²) in [5.41, 5.74) is 3.71. The van der Waals surface area contributed by atoms with Crippen molar-refractivity contribution in [3.63, 3.8) is 0 Å². The molecule has 0 spiro atoms. The van der Waals surface area contributed by atoms with Crippen LogP contribution in [0.5, 0.6) is 5.75 Å². The van der Waals surface area contributed by atoms with Crippen molar-refractivity contribution in [2.75, 3.05) is 12.3 Å². The van der Waals surface area contributed by atoms with Crippen LogP contribution in [0.2, 0.25) is 0 Å². The monoisotopic (exact) mass is 357 g/mol. The van der Waals surface area contributed by atoms with E-state index in [1.165, 1.54) is 11.1 Å². The lowest BCUT2D eigenvalue weighted by Gasteiger charge is -2.16. The number of amides is 1. The number of para-hydroxylation sites is 1. The van der Waals surface area contributed by atoms with Crippen molar-refractivity contribution in [1.29, 1.82) is 0 Å². The first-order valence-corrected chi connectivity index (χ1v) is 9.91. The number of benzene rings is 2. The van der Waals surface area contributed by atoms with Crippen LogP contribution in [0.4, 0.5) is 0 Å². The quantitative estimate of drug-likeness (QED) is 0.677. The Hall–Kier alpha value is -1.94. The molecule has 0 aliphatic heterocycles. The van der Waals surface area contributed by atoms with Crippen LogP contribution in [-0.4, -0.2) is 24.3 Å². The van der Waals surface area contributed by atoms with E-state index in [1.54, 1.807) is 6.92 Å². The van der Waals surface area contributed by atoms with Crippen molar-refractivity contribution in [2.24, 2.45) is 0 Å². The Kier molecular flexibility index (Phi) is 7.86. The summed E-state index contributed by atoms with van der Waals surface area (Å²) in [5, 5.41) is 2.95. The molecule has 0 aromatic heterocycles. The molecule has 2 aromatic rings. The molecule has 4 heteroatoms. The summed E-state index contributed by atoms with van der Waals surface area (Å²) >= 11 is 1.82. The van der Waals surface area contributed by atoms with Crippen molar-refractivity contribution in [1.82, 2.24) is 5.32 Å². The van der Waals surface area contributed by atoms with E-state index < -0.39 is 6.10 Å². The van der Waals surface area contributed by atoms with Crippen molar-refractivity contribution >= 4 is 17.7 Å². The Morgan fingerprint density at radius 3 is 2.60 bits per heavy atom. The van der Waals surface area contributed by atoms with Gasteiger partial charge in [-0.2, -0.15) is 11.8 Å². The van der Waals surface area contributed by atoms with Crippen LogP contribution in [0, 0.1) is 6.92 Å². The smallest absolute Gasteiger partial charge is 0.260 e. The zero-order valence-electron chi connectivity index (χ0n) is 15.2. The summed E-state index contributed by atoms with van der Waals surface area (Å²) in [7, 11) is 0. The van der Waals surface area contributed by atoms with E-state index in [1.807, 2.05) is 36.0 Å². The third-order valence-electron chi connectivity index (χ3n) is 3.96. The zero-order chi connectivity index (χ0) is 18.1. The molecule has 134 valence electrons. The molecule has 0 saturated heterocycles. The van der Waals surface area contributed by atoms with Crippen LogP contribution in [0.3, 0.4) is 0 Å². The van der Waals surface area contributed by atoms with E-state index in [0.717, 1.165) is 29.2 Å². The molecule has 0 heterocycles. The van der Waals surface area contributed by atoms with Crippen LogP contribution in [0.25, 0.3) is 0 Å². The van der Waals surface area contributed by atoms with Gasteiger partial charge in [-0.3, -0.25) is 4.79 Å². The van der Waals surface area contributed by atoms with E-state index in [0.29, 0.717) is 6.54 Å². The molecule has 1 N–H and O–H groups in total. The molecule has 2 rings (SSSR count). The first-order valence-electron chi connectivity index (χ1n) is 8.75. The number of rotatable bonds is 9. The second kappa shape index (κ2) is 10.1. The SMILES string of the molecule is CCc1ccccc1O[C@H](C)C(=O)NCCSCc1ccc(C)cc1. The summed E-state index contributed by atoms with van der Waals surface area (Å²) in [6.45, 7) is 6.62. The highest BCUT2D eigenvalue weighted by atomic mass is 32.2. The van der Waals surface area contributed by atoms with Crippen molar-refractivity contribution < 1.29 is 9.53 Å². The predicted molar refractivity (Wildman–Crippen MR) is 106 cm³/mol. The van der Waals surface area contributed by atoms with Gasteiger partial charge in [0.05, 0.1) is 0 Å². The van der Waals surface area contributed by atoms with Gasteiger partial charge in [0, 0.05) is 18.1 Å². The molecular weight excluding hydrogens is 330 g/mol. The van der Waals surface area contributed by atoms with Gasteiger partial charge in [0.2, 0.25) is 0 Å². The lowest BCUT2D eigenvalue weighted by Crippen LogP contribution is -2.37. The Labute approximate surface area is 155 Å². The second-order valence-electron chi connectivity index (χ2n) is 6.05. The number of carbonyl (C=O) groups is 1. The van der Waals surface area contributed by atoms with Gasteiger partial charge < -0.3 is 10.1 Å². The van der Waals surface area contributed by atoms with Gasteiger partial charge in [-0.25, -0.2) is 0 Å². The number of nitrogens with one attached hydrogen (secondary N) is 1. The lowest BCUT2D eigenvalue weighted by molar-refractivity contribution is -0.127. The number of aryl methyl sites for hydroxylation is 2. The highest BCUT2D eigenvalue weighted by Crippen LogP contribution is 2.19. The normalized spacial score (nSPS) is 11.8. The van der Waals surface area contributed by atoms with Gasteiger partial charge in [-0.15, -0.1) is 0 Å². The molecule has 1 amide bonds. The fourth-order valence-electron chi connectivity index (χ4n) is 2.42. The number of hydrogen-bond donors (Lipinski definition) is 1. The molecule has 0 radical (unpaired) electrons. The number of hydrogen-bond acceptors (Lipinski definition) is 3. The summed E-state index contributed by atoms with van der Waals surface area (Å²) < 4.78 is 5.82. The van der Waals surface area contributed by atoms with E-state index in [9.17, 15) is 4.79 Å². The van der Waals surface area contributed by atoms with Crippen molar-refractivity contribution in [2.45, 2.75) is 39.0 Å². The van der Waals surface area contributed by atoms with Gasteiger partial charge in [0.15, 0.2) is 6.10 Å². The molecular formula is C21H27NO2S. The van der Waals surface area contributed by atoms with Gasteiger partial charge >= 0.3 is 0 Å². The first-order chi connectivity index (χ1) is 12.1. The largest absolute Gasteiger partial charge is 0.481 e. The predicted octanol–water partition coefficient (Wildman–Crippen LogP) is 4.37. The Balaban J connectivity index is 1.68. The van der Waals surface area contributed by atoms with E-state index >= 15 is 0 Å². The second-order valence-corrected chi connectivity index (χ2v) is 7.16. The highest BCUT2D eigenvalue weighted by molar-refractivity contribution is 7.98. The summed E-state index contributed by atoms with van der Waals surface area (Å²) in [5.74, 6) is 2.58. The maximum atomic E-state index is 12.2. The Bertz CT molecular complexity index is 670. The fourth-order valence-corrected chi connectivity index (χ4v) is 3.24. The maximum absolute atomic E-state index is 12.2. The molecule has 0 aliphatic rings. The Morgan fingerprint density at radius 2 is 1.88 bits per heavy atom. The zero-order valence-corrected chi connectivity index (χ0v) is 16.1. The van der Waals surface area contributed by atoms with Gasteiger partial charge in [0.25, 0.3) is 5.91 Å². The number of thioether (sulfide) groups is 1. The third kappa shape index (κ3) is 6.46. The molecule has 0 saturated carbocycles. The van der Waals surface area contributed by atoms with Crippen LogP contribution >= 0.6 is 11.8 Å². The van der Waals surface area contributed by atoms with Crippen LogP contribution < -0.4 is 10.1 Å². The van der Waals surface area contributed by atoms with E-state index in [4.69, 9.17) is 4.74 Å². The minimum atomic E-state index is -0.491. The van der Waals surface area contributed by atoms with Crippen LogP contribution in [-0.2, 0) is 17.0 Å². The van der Waals surface area contributed by atoms with Crippen molar-refractivity contribution in [3.05, 3.63) is 65.2 Å². The van der Waals surface area contributed by atoms with Crippen LogP contribution in [0.15, 0.2) is 48.5 Å². The molecule has 0 fully saturated rings. The number of ether oxygens (including phenoxy) is 1. The number of carbonyl (C=O) groups excluding carboxylic acids is 1. The lowest BCUT2D eigenvalue weighted by atomic mass is 10.1. The molecule has 3 nitrogen and oxygen atoms in total. The molecule has 0 aliphatic carbocycles. The summed E-state index contributed by atoms with van der Waals surface area (Å²) in [6, 6.07) is 16.4. The Morgan fingerprint density at radius 1 is 1.16 bits per heavy atom. The van der Waals surface area contributed by atoms with Gasteiger partial charge in [0.1, 0.15) is 5.75 Å². The van der Waals surface area contributed by atoms with E-state index in [2.05, 4.69) is 43.4 Å². The molecule has 0 bridgehead atoms. The van der Waals surface area contributed by atoms with Crippen molar-refractivity contribution in [3.8, 4) is 5.75 Å². The topological polar surface area (TPSA) is 38.3 Å². The third-order valence-corrected chi connectivity index (χ3v) is 4.99.